The highest BCUT2D eigenvalue weighted by Gasteiger charge is 2.43. The molecule has 0 aromatic heterocycles. The van der Waals surface area contributed by atoms with E-state index in [1.807, 2.05) is 6.92 Å². The van der Waals surface area contributed by atoms with E-state index >= 15 is 0 Å². The summed E-state index contributed by atoms with van der Waals surface area (Å²) in [7, 11) is 0. The maximum absolute atomic E-state index is 13.7. The number of carbonyl (C=O) groups excluding carboxylic acids is 2. The Morgan fingerprint density at radius 2 is 2.04 bits per heavy atom. The van der Waals surface area contributed by atoms with Gasteiger partial charge in [-0.15, -0.1) is 0 Å². The minimum atomic E-state index is -0.417. The van der Waals surface area contributed by atoms with Crippen LogP contribution in [-0.2, 0) is 9.59 Å². The molecule has 4 nitrogen and oxygen atoms in total. The van der Waals surface area contributed by atoms with Crippen molar-refractivity contribution in [2.75, 3.05) is 13.1 Å². The van der Waals surface area contributed by atoms with Crippen molar-refractivity contribution in [2.45, 2.75) is 32.1 Å². The third-order valence-corrected chi connectivity index (χ3v) is 5.79. The molecule has 1 aromatic rings. The van der Waals surface area contributed by atoms with Crippen LogP contribution >= 0.6 is 15.9 Å². The summed E-state index contributed by atoms with van der Waals surface area (Å²) >= 11 is 3.23. The molecule has 0 saturated carbocycles. The summed E-state index contributed by atoms with van der Waals surface area (Å²) < 4.78 is 14.1. The van der Waals surface area contributed by atoms with Crippen molar-refractivity contribution in [2.24, 2.45) is 0 Å². The lowest BCUT2D eigenvalue weighted by atomic mass is 9.75. The monoisotopic (exact) mass is 404 g/mol. The molecule has 0 bridgehead atoms. The zero-order valence-corrected chi connectivity index (χ0v) is 15.5. The number of ketones is 1. The highest BCUT2D eigenvalue weighted by molar-refractivity contribution is 9.10. The summed E-state index contributed by atoms with van der Waals surface area (Å²) in [6.07, 6.45) is 2.11. The molecule has 2 aliphatic heterocycles. The van der Waals surface area contributed by atoms with Gasteiger partial charge in [0, 0.05) is 35.9 Å². The van der Waals surface area contributed by atoms with Crippen molar-refractivity contribution in [3.63, 3.8) is 0 Å². The number of nitrogens with one attached hydrogen (secondary N) is 1. The molecule has 0 saturated heterocycles. The molecule has 130 valence electrons. The second-order valence-electron chi connectivity index (χ2n) is 6.61. The Bertz CT molecular complexity index is 859. The number of hydrogen-bond acceptors (Lipinski definition) is 3. The van der Waals surface area contributed by atoms with Crippen LogP contribution in [0, 0.1) is 5.82 Å². The average Bonchev–Trinajstić information content (AvgIpc) is 2.92. The first-order valence-corrected chi connectivity index (χ1v) is 9.31. The highest BCUT2D eigenvalue weighted by atomic mass is 79.9. The fourth-order valence-corrected chi connectivity index (χ4v) is 4.38. The van der Waals surface area contributed by atoms with Gasteiger partial charge in [-0.05, 0) is 53.4 Å². The Morgan fingerprint density at radius 1 is 1.24 bits per heavy atom. The maximum Gasteiger partial charge on any atom is 0.252 e. The molecule has 4 rings (SSSR count). The van der Waals surface area contributed by atoms with E-state index in [1.54, 1.807) is 17.0 Å². The van der Waals surface area contributed by atoms with E-state index in [0.717, 1.165) is 29.8 Å². The Balaban J connectivity index is 1.89. The first-order chi connectivity index (χ1) is 12.0. The Morgan fingerprint density at radius 3 is 2.76 bits per heavy atom. The van der Waals surface area contributed by atoms with Gasteiger partial charge in [-0.3, -0.25) is 9.59 Å². The van der Waals surface area contributed by atoms with Gasteiger partial charge in [0.05, 0.1) is 16.6 Å². The third-order valence-electron chi connectivity index (χ3n) is 5.19. The topological polar surface area (TPSA) is 49.4 Å². The molecule has 2 heterocycles. The summed E-state index contributed by atoms with van der Waals surface area (Å²) in [6, 6.07) is 4.74. The van der Waals surface area contributed by atoms with Crippen molar-refractivity contribution in [1.29, 1.82) is 0 Å². The van der Waals surface area contributed by atoms with Crippen LogP contribution in [0.1, 0.15) is 37.7 Å². The molecule has 6 heteroatoms. The minimum absolute atomic E-state index is 0.0413. The van der Waals surface area contributed by atoms with E-state index in [-0.39, 0.29) is 17.5 Å². The van der Waals surface area contributed by atoms with Crippen LogP contribution in [0.3, 0.4) is 0 Å². The van der Waals surface area contributed by atoms with Crippen LogP contribution in [0.5, 0.6) is 0 Å². The van der Waals surface area contributed by atoms with Crippen LogP contribution < -0.4 is 5.32 Å². The Hall–Kier alpha value is -1.95. The second kappa shape index (κ2) is 6.09. The molecule has 1 N–H and O–H groups in total. The summed E-state index contributed by atoms with van der Waals surface area (Å²) in [4.78, 5) is 27.3. The number of rotatable bonds is 2. The SMILES string of the molecule is CCN1CC2=C(C1=O)C(c1ccc(F)c(Br)c1)C1=C(CCCC1=O)N2. The van der Waals surface area contributed by atoms with E-state index in [9.17, 15) is 14.0 Å². The number of benzene rings is 1. The van der Waals surface area contributed by atoms with Crippen LogP contribution in [0.2, 0.25) is 0 Å². The molecule has 1 amide bonds. The van der Waals surface area contributed by atoms with Crippen molar-refractivity contribution >= 4 is 27.6 Å². The number of amides is 1. The van der Waals surface area contributed by atoms with Crippen molar-refractivity contribution in [3.05, 3.63) is 56.6 Å². The van der Waals surface area contributed by atoms with Gasteiger partial charge in [0.1, 0.15) is 5.82 Å². The lowest BCUT2D eigenvalue weighted by Crippen LogP contribution is -2.32. The number of hydrogen-bond donors (Lipinski definition) is 1. The molecular formula is C19H18BrFN2O2. The molecule has 1 unspecified atom stereocenters. The van der Waals surface area contributed by atoms with E-state index in [1.165, 1.54) is 6.07 Å². The maximum atomic E-state index is 13.7. The molecule has 1 aromatic carbocycles. The third kappa shape index (κ3) is 2.54. The van der Waals surface area contributed by atoms with Gasteiger partial charge in [-0.25, -0.2) is 4.39 Å². The standard InChI is InChI=1S/C19H18BrFN2O2/c1-2-23-9-14-18(19(23)25)16(10-6-7-12(21)11(20)8-10)17-13(22-14)4-3-5-15(17)24/h6-8,16,22H,2-5,9H2,1H3. The Kier molecular flexibility index (Phi) is 4.02. The quantitative estimate of drug-likeness (QED) is 0.821. The zero-order valence-electron chi connectivity index (χ0n) is 13.9. The molecule has 0 fully saturated rings. The summed E-state index contributed by atoms with van der Waals surface area (Å²) in [5.74, 6) is -0.738. The van der Waals surface area contributed by atoms with Gasteiger partial charge in [0.2, 0.25) is 0 Å². The first-order valence-electron chi connectivity index (χ1n) is 8.51. The Labute approximate surface area is 153 Å². The largest absolute Gasteiger partial charge is 0.360 e. The number of dihydropyridines is 1. The van der Waals surface area contributed by atoms with E-state index in [4.69, 9.17) is 0 Å². The fourth-order valence-electron chi connectivity index (χ4n) is 3.99. The van der Waals surface area contributed by atoms with Crippen molar-refractivity contribution in [1.82, 2.24) is 10.2 Å². The van der Waals surface area contributed by atoms with Gasteiger partial charge < -0.3 is 10.2 Å². The van der Waals surface area contributed by atoms with E-state index in [2.05, 4.69) is 21.2 Å². The molecular weight excluding hydrogens is 387 g/mol. The first kappa shape index (κ1) is 16.5. The van der Waals surface area contributed by atoms with Gasteiger partial charge in [-0.1, -0.05) is 6.07 Å². The fraction of sp³-hybridized carbons (Fsp3) is 0.368. The smallest absolute Gasteiger partial charge is 0.252 e. The van der Waals surface area contributed by atoms with Gasteiger partial charge in [0.25, 0.3) is 5.91 Å². The number of nitrogens with zero attached hydrogens (tertiary/aromatic N) is 1. The van der Waals surface area contributed by atoms with E-state index in [0.29, 0.717) is 35.1 Å². The van der Waals surface area contributed by atoms with Gasteiger partial charge in [0.15, 0.2) is 5.78 Å². The predicted octanol–water partition coefficient (Wildman–Crippen LogP) is 3.40. The van der Waals surface area contributed by atoms with Crippen LogP contribution in [0.25, 0.3) is 0 Å². The van der Waals surface area contributed by atoms with Gasteiger partial charge >= 0.3 is 0 Å². The second-order valence-corrected chi connectivity index (χ2v) is 7.47. The number of halogens is 2. The van der Waals surface area contributed by atoms with Crippen molar-refractivity contribution < 1.29 is 14.0 Å². The summed E-state index contributed by atoms with van der Waals surface area (Å²) in [5, 5.41) is 3.36. The van der Waals surface area contributed by atoms with Crippen molar-refractivity contribution in [3.8, 4) is 0 Å². The van der Waals surface area contributed by atoms with E-state index < -0.39 is 5.92 Å². The molecule has 1 aliphatic carbocycles. The van der Waals surface area contributed by atoms with Gasteiger partial charge in [-0.2, -0.15) is 0 Å². The summed E-state index contributed by atoms with van der Waals surface area (Å²) in [5.41, 5.74) is 3.89. The summed E-state index contributed by atoms with van der Waals surface area (Å²) in [6.45, 7) is 3.10. The number of Topliss-reactive ketones (excluding diaryl/α,β-unsaturated/α-hetero) is 1. The molecule has 0 spiro atoms. The number of likely N-dealkylation sites (N-methyl/N-ethyl adjacent to an activating group) is 1. The predicted molar refractivity (Wildman–Crippen MR) is 95.1 cm³/mol. The lowest BCUT2D eigenvalue weighted by molar-refractivity contribution is -0.125. The number of carbonyl (C=O) groups is 2. The highest BCUT2D eigenvalue weighted by Crippen LogP contribution is 2.45. The van der Waals surface area contributed by atoms with Crippen LogP contribution in [0.4, 0.5) is 4.39 Å². The average molecular weight is 405 g/mol. The normalized spacial score (nSPS) is 23.0. The number of allylic oxidation sites excluding steroid dienone is 2. The minimum Gasteiger partial charge on any atom is -0.360 e. The molecule has 25 heavy (non-hydrogen) atoms. The van der Waals surface area contributed by atoms with Crippen LogP contribution in [0.15, 0.2) is 45.2 Å². The van der Waals surface area contributed by atoms with Crippen LogP contribution in [-0.4, -0.2) is 29.7 Å². The molecule has 3 aliphatic rings. The zero-order chi connectivity index (χ0) is 17.7. The lowest BCUT2D eigenvalue weighted by Gasteiger charge is -2.32. The molecule has 0 radical (unpaired) electrons. The molecule has 1 atom stereocenters.